The van der Waals surface area contributed by atoms with E-state index in [0.29, 0.717) is 6.04 Å². The van der Waals surface area contributed by atoms with Gasteiger partial charge in [-0.15, -0.1) is 0 Å². The maximum atomic E-state index is 9.68. The molecule has 1 atom stereocenters. The van der Waals surface area contributed by atoms with Crippen LogP contribution in [0.25, 0.3) is 0 Å². The van der Waals surface area contributed by atoms with Gasteiger partial charge in [-0.05, 0) is 55.4 Å². The summed E-state index contributed by atoms with van der Waals surface area (Å²) < 4.78 is 5.30. The summed E-state index contributed by atoms with van der Waals surface area (Å²) >= 11 is 0. The van der Waals surface area contributed by atoms with Crippen molar-refractivity contribution in [3.8, 4) is 11.8 Å². The summed E-state index contributed by atoms with van der Waals surface area (Å²) in [6.45, 7) is 0. The van der Waals surface area contributed by atoms with Crippen molar-refractivity contribution < 1.29 is 4.74 Å². The Morgan fingerprint density at radius 3 is 2.94 bits per heavy atom. The van der Waals surface area contributed by atoms with Crippen molar-refractivity contribution in [1.29, 1.82) is 5.26 Å². The molecule has 1 aromatic rings. The number of benzene rings is 1. The van der Waals surface area contributed by atoms with Gasteiger partial charge in [-0.2, -0.15) is 5.26 Å². The molecule has 0 amide bonds. The first-order chi connectivity index (χ1) is 8.77. The van der Waals surface area contributed by atoms with Gasteiger partial charge in [0.05, 0.1) is 13.2 Å². The highest BCUT2D eigenvalue weighted by Crippen LogP contribution is 2.39. The number of nitrogens with zero attached hydrogens (tertiary/aromatic N) is 1. The van der Waals surface area contributed by atoms with Crippen LogP contribution in [0.15, 0.2) is 18.2 Å². The Labute approximate surface area is 108 Å². The highest BCUT2D eigenvalue weighted by atomic mass is 16.5. The van der Waals surface area contributed by atoms with Crippen molar-refractivity contribution in [2.75, 3.05) is 7.11 Å². The number of hydrogen-bond donors (Lipinski definition) is 1. The third kappa shape index (κ3) is 1.87. The predicted molar refractivity (Wildman–Crippen MR) is 69.4 cm³/mol. The van der Waals surface area contributed by atoms with E-state index in [1.807, 2.05) is 12.1 Å². The number of ether oxygens (including phenoxy) is 1. The van der Waals surface area contributed by atoms with Crippen LogP contribution in [-0.2, 0) is 12.0 Å². The summed E-state index contributed by atoms with van der Waals surface area (Å²) in [7, 11) is 1.67. The Morgan fingerprint density at radius 1 is 1.44 bits per heavy atom. The predicted octanol–water partition coefficient (Wildman–Crippen LogP) is 2.50. The van der Waals surface area contributed by atoms with E-state index < -0.39 is 5.54 Å². The summed E-state index contributed by atoms with van der Waals surface area (Å²) in [5.74, 6) is 0.841. The Kier molecular flexibility index (Phi) is 2.76. The average molecular weight is 242 g/mol. The minimum Gasteiger partial charge on any atom is -0.497 e. The second-order valence-electron chi connectivity index (χ2n) is 5.31. The maximum Gasteiger partial charge on any atom is 0.132 e. The van der Waals surface area contributed by atoms with Crippen molar-refractivity contribution in [3.05, 3.63) is 29.3 Å². The topological polar surface area (TPSA) is 45.0 Å². The Bertz CT molecular complexity index is 502. The van der Waals surface area contributed by atoms with Crippen LogP contribution in [0.3, 0.4) is 0 Å². The second kappa shape index (κ2) is 4.29. The molecule has 3 nitrogen and oxygen atoms in total. The number of methoxy groups -OCH3 is 1. The second-order valence-corrected chi connectivity index (χ2v) is 5.31. The minimum absolute atomic E-state index is 0.497. The smallest absolute Gasteiger partial charge is 0.132 e. The summed E-state index contributed by atoms with van der Waals surface area (Å²) in [6, 6.07) is 9.19. The number of rotatable bonds is 3. The molecular weight excluding hydrogens is 224 g/mol. The van der Waals surface area contributed by atoms with Crippen molar-refractivity contribution in [3.63, 3.8) is 0 Å². The zero-order valence-electron chi connectivity index (χ0n) is 10.7. The molecule has 1 N–H and O–H groups in total. The van der Waals surface area contributed by atoms with Crippen molar-refractivity contribution >= 4 is 0 Å². The lowest BCUT2D eigenvalue weighted by atomic mass is 9.77. The molecule has 3 rings (SSSR count). The van der Waals surface area contributed by atoms with Crippen molar-refractivity contribution in [2.45, 2.75) is 43.7 Å². The molecule has 0 aliphatic heterocycles. The van der Waals surface area contributed by atoms with Crippen molar-refractivity contribution in [1.82, 2.24) is 5.32 Å². The van der Waals surface area contributed by atoms with Gasteiger partial charge in [0, 0.05) is 6.04 Å². The van der Waals surface area contributed by atoms with Gasteiger partial charge in [0.25, 0.3) is 0 Å². The van der Waals surface area contributed by atoms with Crippen LogP contribution < -0.4 is 10.1 Å². The van der Waals surface area contributed by atoms with E-state index in [0.717, 1.165) is 30.6 Å². The molecule has 0 heterocycles. The maximum absolute atomic E-state index is 9.68. The number of aryl methyl sites for hydroxylation is 1. The Hall–Kier alpha value is -1.53. The first-order valence-electron chi connectivity index (χ1n) is 6.64. The van der Waals surface area contributed by atoms with Gasteiger partial charge in [-0.25, -0.2) is 0 Å². The van der Waals surface area contributed by atoms with Crippen LogP contribution in [0, 0.1) is 11.3 Å². The number of fused-ring (bicyclic) bond motifs is 1. The first kappa shape index (κ1) is 11.6. The number of nitrogens with one attached hydrogen (secondary N) is 1. The monoisotopic (exact) mass is 242 g/mol. The zero-order valence-corrected chi connectivity index (χ0v) is 10.7. The molecule has 1 unspecified atom stereocenters. The minimum atomic E-state index is -0.497. The van der Waals surface area contributed by atoms with Crippen LogP contribution >= 0.6 is 0 Å². The van der Waals surface area contributed by atoms with E-state index >= 15 is 0 Å². The summed E-state index contributed by atoms with van der Waals surface area (Å²) in [5.41, 5.74) is 1.92. The summed E-state index contributed by atoms with van der Waals surface area (Å²) in [4.78, 5) is 0. The third-order valence-electron chi connectivity index (χ3n) is 3.99. The normalized spacial score (nSPS) is 26.2. The molecule has 1 aromatic carbocycles. The lowest BCUT2D eigenvalue weighted by Gasteiger charge is -2.34. The van der Waals surface area contributed by atoms with Gasteiger partial charge < -0.3 is 4.74 Å². The molecule has 1 saturated carbocycles. The largest absolute Gasteiger partial charge is 0.497 e. The molecule has 0 saturated heterocycles. The molecule has 2 aliphatic carbocycles. The van der Waals surface area contributed by atoms with Crippen molar-refractivity contribution in [2.24, 2.45) is 0 Å². The van der Waals surface area contributed by atoms with Gasteiger partial charge in [-0.3, -0.25) is 5.32 Å². The van der Waals surface area contributed by atoms with E-state index in [-0.39, 0.29) is 0 Å². The SMILES string of the molecule is COc1ccc2c(c1)C(C#N)(NC1CC1)CCC2. The fourth-order valence-corrected chi connectivity index (χ4v) is 2.85. The van der Waals surface area contributed by atoms with E-state index in [2.05, 4.69) is 17.5 Å². The molecule has 2 aliphatic rings. The first-order valence-corrected chi connectivity index (χ1v) is 6.64. The Balaban J connectivity index is 2.04. The van der Waals surface area contributed by atoms with Gasteiger partial charge >= 0.3 is 0 Å². The van der Waals surface area contributed by atoms with E-state index in [1.54, 1.807) is 7.11 Å². The van der Waals surface area contributed by atoms with Crippen LogP contribution in [0.5, 0.6) is 5.75 Å². The average Bonchev–Trinajstić information content (AvgIpc) is 3.22. The molecule has 18 heavy (non-hydrogen) atoms. The lowest BCUT2D eigenvalue weighted by Crippen LogP contribution is -2.45. The molecule has 94 valence electrons. The molecule has 1 fully saturated rings. The molecule has 0 bridgehead atoms. The highest BCUT2D eigenvalue weighted by molar-refractivity contribution is 5.45. The van der Waals surface area contributed by atoms with E-state index in [9.17, 15) is 5.26 Å². The third-order valence-corrected chi connectivity index (χ3v) is 3.99. The quantitative estimate of drug-likeness (QED) is 0.885. The van der Waals surface area contributed by atoms with Crippen LogP contribution in [0.2, 0.25) is 0 Å². The standard InChI is InChI=1S/C15H18N2O/c1-18-13-7-4-11-3-2-8-15(10-16,14(11)9-13)17-12-5-6-12/h4,7,9,12,17H,2-3,5-6,8H2,1H3. The molecule has 0 spiro atoms. The van der Waals surface area contributed by atoms with Crippen LogP contribution in [-0.4, -0.2) is 13.2 Å². The highest BCUT2D eigenvalue weighted by Gasteiger charge is 2.41. The zero-order chi connectivity index (χ0) is 12.6. The number of nitriles is 1. The van der Waals surface area contributed by atoms with E-state index in [1.165, 1.54) is 18.4 Å². The summed E-state index contributed by atoms with van der Waals surface area (Å²) in [6.07, 6.45) is 5.44. The van der Waals surface area contributed by atoms with Crippen LogP contribution in [0.4, 0.5) is 0 Å². The number of hydrogen-bond acceptors (Lipinski definition) is 3. The fourth-order valence-electron chi connectivity index (χ4n) is 2.85. The van der Waals surface area contributed by atoms with E-state index in [4.69, 9.17) is 4.74 Å². The molecule has 0 aromatic heterocycles. The summed E-state index contributed by atoms with van der Waals surface area (Å²) in [5, 5.41) is 13.2. The van der Waals surface area contributed by atoms with Gasteiger partial charge in [0.1, 0.15) is 11.3 Å². The lowest BCUT2D eigenvalue weighted by molar-refractivity contribution is 0.358. The molecular formula is C15H18N2O. The fraction of sp³-hybridized carbons (Fsp3) is 0.533. The van der Waals surface area contributed by atoms with Crippen LogP contribution in [0.1, 0.15) is 36.8 Å². The molecule has 0 radical (unpaired) electrons. The molecule has 3 heteroatoms. The van der Waals surface area contributed by atoms with Gasteiger partial charge in [0.15, 0.2) is 0 Å². The van der Waals surface area contributed by atoms with Gasteiger partial charge in [0.2, 0.25) is 0 Å². The Morgan fingerprint density at radius 2 is 2.28 bits per heavy atom. The van der Waals surface area contributed by atoms with Gasteiger partial charge in [-0.1, -0.05) is 6.07 Å².